The van der Waals surface area contributed by atoms with Crippen LogP contribution in [0.3, 0.4) is 0 Å². The maximum Gasteiger partial charge on any atom is 0.164 e. The van der Waals surface area contributed by atoms with Crippen molar-refractivity contribution < 1.29 is 0 Å². The van der Waals surface area contributed by atoms with Gasteiger partial charge < -0.3 is 4.57 Å². The lowest BCUT2D eigenvalue weighted by molar-refractivity contribution is 1.07. The van der Waals surface area contributed by atoms with Crippen LogP contribution in [0.15, 0.2) is 206 Å². The highest BCUT2D eigenvalue weighted by molar-refractivity contribution is 6.25. The van der Waals surface area contributed by atoms with Gasteiger partial charge in [-0.25, -0.2) is 19.9 Å². The maximum atomic E-state index is 5.25. The van der Waals surface area contributed by atoms with E-state index >= 15 is 0 Å². The number of para-hydroxylation sites is 1. The summed E-state index contributed by atoms with van der Waals surface area (Å²) in [7, 11) is 0. The molecule has 0 amide bonds. The normalized spacial score (nSPS) is 11.9. The quantitative estimate of drug-likeness (QED) is 0.174. The van der Waals surface area contributed by atoms with Crippen LogP contribution in [-0.4, -0.2) is 29.1 Å². The van der Waals surface area contributed by atoms with Crippen LogP contribution < -0.4 is 0 Å². The van der Waals surface area contributed by atoms with Gasteiger partial charge in [-0.2, -0.15) is 0 Å². The molecule has 0 fully saturated rings. The van der Waals surface area contributed by atoms with Crippen molar-refractivity contribution in [2.45, 2.75) is 0 Å². The van der Waals surface area contributed by atoms with Crippen LogP contribution in [0.5, 0.6) is 0 Å². The molecule has 6 heteroatoms. The smallest absolute Gasteiger partial charge is 0.164 e. The van der Waals surface area contributed by atoms with Gasteiger partial charge in [0.15, 0.2) is 17.5 Å². The molecule has 0 saturated heterocycles. The Morgan fingerprint density at radius 1 is 0.306 bits per heavy atom. The summed E-state index contributed by atoms with van der Waals surface area (Å²) in [5.74, 6) is 2.74. The molecule has 0 aliphatic heterocycles. The molecule has 4 aromatic heterocycles. The molecule has 0 unspecified atom stereocenters. The molecule has 4 heterocycles. The van der Waals surface area contributed by atoms with E-state index in [1.54, 1.807) is 0 Å². The predicted octanol–water partition coefficient (Wildman–Crippen LogP) is 13.9. The third-order valence-electron chi connectivity index (χ3n) is 12.3. The van der Waals surface area contributed by atoms with E-state index in [0.717, 1.165) is 66.4 Å². The molecule has 0 N–H and O–H groups in total. The van der Waals surface area contributed by atoms with E-state index in [4.69, 9.17) is 19.9 Å². The number of hydrogen-bond acceptors (Lipinski definition) is 4. The standard InChI is InChI=1S/C56H34N6/c1-2-16-37(17-3-1)54-58-55(40-26-25-35-14-4-5-18-38(35)30-40)60-56(59-54)41-31-39-19-7-8-20-42(39)49(32-41)61-47-23-11-10-22-44(47)45-33-46-51(34-50(45)61)62(52-24-12-13-29-57-52)48-28-27-36-15-6-9-21-43(36)53(46)48/h1-34H. The van der Waals surface area contributed by atoms with Crippen LogP contribution in [0.4, 0.5) is 0 Å². The summed E-state index contributed by atoms with van der Waals surface area (Å²) in [6.45, 7) is 0. The zero-order valence-corrected chi connectivity index (χ0v) is 33.3. The van der Waals surface area contributed by atoms with Gasteiger partial charge in [0.2, 0.25) is 0 Å². The van der Waals surface area contributed by atoms with Crippen molar-refractivity contribution in [2.24, 2.45) is 0 Å². The van der Waals surface area contributed by atoms with E-state index < -0.39 is 0 Å². The van der Waals surface area contributed by atoms with Gasteiger partial charge in [-0.1, -0.05) is 146 Å². The summed E-state index contributed by atoms with van der Waals surface area (Å²) in [5.41, 5.74) is 8.26. The number of fused-ring (bicyclic) bond motifs is 10. The summed E-state index contributed by atoms with van der Waals surface area (Å²) in [5, 5.41) is 11.7. The minimum absolute atomic E-state index is 0.610. The van der Waals surface area contributed by atoms with E-state index in [-0.39, 0.29) is 0 Å². The number of pyridine rings is 1. The molecule has 0 bridgehead atoms. The summed E-state index contributed by atoms with van der Waals surface area (Å²) < 4.78 is 4.75. The number of hydrogen-bond donors (Lipinski definition) is 0. The minimum Gasteiger partial charge on any atom is -0.309 e. The number of nitrogens with zero attached hydrogens (tertiary/aromatic N) is 6. The van der Waals surface area contributed by atoms with E-state index in [1.165, 1.54) is 37.7 Å². The van der Waals surface area contributed by atoms with Crippen molar-refractivity contribution in [2.75, 3.05) is 0 Å². The van der Waals surface area contributed by atoms with Crippen LogP contribution >= 0.6 is 0 Å². The van der Waals surface area contributed by atoms with E-state index in [2.05, 4.69) is 185 Å². The first-order chi connectivity index (χ1) is 30.7. The average Bonchev–Trinajstić information content (AvgIpc) is 3.85. The molecule has 6 nitrogen and oxygen atoms in total. The highest BCUT2D eigenvalue weighted by atomic mass is 15.1. The second-order valence-corrected chi connectivity index (χ2v) is 15.9. The van der Waals surface area contributed by atoms with Crippen molar-refractivity contribution >= 4 is 75.9 Å². The van der Waals surface area contributed by atoms with Crippen LogP contribution in [0, 0.1) is 0 Å². The molecule has 0 aliphatic rings. The molecule has 0 spiro atoms. The Balaban J connectivity index is 1.11. The Hall–Kier alpha value is -8.48. The fourth-order valence-electron chi connectivity index (χ4n) is 9.52. The first kappa shape index (κ1) is 34.4. The van der Waals surface area contributed by atoms with Gasteiger partial charge in [-0.05, 0) is 81.5 Å². The molecule has 9 aromatic carbocycles. The SMILES string of the molecule is c1ccc(-c2nc(-c3ccc4ccccc4c3)nc(-c3cc(-n4c5ccccc5c5cc6c7c8ccccc8ccc7n(-c7ccccn7)c6cc54)c4ccccc4c3)n2)cc1. The minimum atomic E-state index is 0.610. The Kier molecular flexibility index (Phi) is 7.50. The summed E-state index contributed by atoms with van der Waals surface area (Å²) in [6, 6.07) is 70.9. The van der Waals surface area contributed by atoms with Crippen molar-refractivity contribution in [3.8, 4) is 45.7 Å². The van der Waals surface area contributed by atoms with Gasteiger partial charge in [0.05, 0.1) is 27.8 Å². The fourth-order valence-corrected chi connectivity index (χ4v) is 9.52. The van der Waals surface area contributed by atoms with Gasteiger partial charge in [-0.15, -0.1) is 0 Å². The van der Waals surface area contributed by atoms with Gasteiger partial charge in [0, 0.05) is 49.8 Å². The molecule has 0 aliphatic carbocycles. The summed E-state index contributed by atoms with van der Waals surface area (Å²) >= 11 is 0. The lowest BCUT2D eigenvalue weighted by Gasteiger charge is -2.15. The Bertz CT molecular complexity index is 3920. The zero-order valence-electron chi connectivity index (χ0n) is 33.3. The van der Waals surface area contributed by atoms with E-state index in [0.29, 0.717) is 17.5 Å². The summed E-state index contributed by atoms with van der Waals surface area (Å²) in [6.07, 6.45) is 1.87. The molecule has 0 atom stereocenters. The highest BCUT2D eigenvalue weighted by Crippen LogP contribution is 2.43. The third kappa shape index (κ3) is 5.30. The number of aromatic nitrogens is 6. The summed E-state index contributed by atoms with van der Waals surface area (Å²) in [4.78, 5) is 20.5. The van der Waals surface area contributed by atoms with E-state index in [1.807, 2.05) is 30.5 Å². The van der Waals surface area contributed by atoms with Gasteiger partial charge in [-0.3, -0.25) is 4.57 Å². The molecule has 0 saturated carbocycles. The van der Waals surface area contributed by atoms with Crippen molar-refractivity contribution in [1.82, 2.24) is 29.1 Å². The highest BCUT2D eigenvalue weighted by Gasteiger charge is 2.22. The molecule has 0 radical (unpaired) electrons. The largest absolute Gasteiger partial charge is 0.309 e. The zero-order chi connectivity index (χ0) is 40.7. The Labute approximate surface area is 355 Å². The van der Waals surface area contributed by atoms with Gasteiger partial charge >= 0.3 is 0 Å². The monoisotopic (exact) mass is 790 g/mol. The fraction of sp³-hybridized carbons (Fsp3) is 0. The first-order valence-corrected chi connectivity index (χ1v) is 20.9. The Morgan fingerprint density at radius 2 is 0.935 bits per heavy atom. The second-order valence-electron chi connectivity index (χ2n) is 15.9. The average molecular weight is 791 g/mol. The second kappa shape index (κ2) is 13.5. The van der Waals surface area contributed by atoms with Crippen LogP contribution in [0.2, 0.25) is 0 Å². The molecular weight excluding hydrogens is 757 g/mol. The predicted molar refractivity (Wildman–Crippen MR) is 255 cm³/mol. The van der Waals surface area contributed by atoms with Gasteiger partial charge in [0.25, 0.3) is 0 Å². The maximum absolute atomic E-state index is 5.25. The van der Waals surface area contributed by atoms with Crippen LogP contribution in [0.25, 0.3) is 122 Å². The Morgan fingerprint density at radius 3 is 1.76 bits per heavy atom. The molecule has 62 heavy (non-hydrogen) atoms. The third-order valence-corrected chi connectivity index (χ3v) is 12.3. The van der Waals surface area contributed by atoms with E-state index in [9.17, 15) is 0 Å². The molecule has 13 rings (SSSR count). The van der Waals surface area contributed by atoms with Gasteiger partial charge in [0.1, 0.15) is 5.82 Å². The number of rotatable bonds is 5. The lowest BCUT2D eigenvalue weighted by atomic mass is 10.0. The van der Waals surface area contributed by atoms with Crippen molar-refractivity contribution in [3.05, 3.63) is 206 Å². The van der Waals surface area contributed by atoms with Crippen molar-refractivity contribution in [3.63, 3.8) is 0 Å². The number of benzene rings is 9. The molecule has 288 valence electrons. The molecular formula is C56H34N6. The lowest BCUT2D eigenvalue weighted by Crippen LogP contribution is -2.02. The van der Waals surface area contributed by atoms with Crippen LogP contribution in [0.1, 0.15) is 0 Å². The molecule has 13 aromatic rings. The first-order valence-electron chi connectivity index (χ1n) is 20.9. The van der Waals surface area contributed by atoms with Crippen LogP contribution in [-0.2, 0) is 0 Å². The van der Waals surface area contributed by atoms with Crippen molar-refractivity contribution in [1.29, 1.82) is 0 Å². The topological polar surface area (TPSA) is 61.4 Å².